The van der Waals surface area contributed by atoms with Gasteiger partial charge in [0, 0.05) is 30.1 Å². The summed E-state index contributed by atoms with van der Waals surface area (Å²) in [5, 5.41) is 4.12. The van der Waals surface area contributed by atoms with Crippen LogP contribution in [-0.2, 0) is 0 Å². The van der Waals surface area contributed by atoms with Gasteiger partial charge >= 0.3 is 0 Å². The third-order valence-corrected chi connectivity index (χ3v) is 3.14. The fraction of sp³-hybridized carbons (Fsp3) is 0.455. The van der Waals surface area contributed by atoms with Gasteiger partial charge in [-0.15, -0.1) is 0 Å². The van der Waals surface area contributed by atoms with Crippen molar-refractivity contribution in [1.29, 1.82) is 0 Å². The zero-order valence-electron chi connectivity index (χ0n) is 8.26. The molecule has 0 aromatic heterocycles. The first-order valence-electron chi connectivity index (χ1n) is 4.91. The maximum atomic E-state index is 6.19. The molecule has 1 heterocycles. The second-order valence-corrected chi connectivity index (χ2v) is 4.36. The average molecular weight is 211 g/mol. The normalized spacial score (nSPS) is 26.8. The number of halogens is 1. The van der Waals surface area contributed by atoms with Crippen LogP contribution in [0.15, 0.2) is 18.2 Å². The highest BCUT2D eigenvalue weighted by atomic mass is 35.5. The Morgan fingerprint density at radius 3 is 2.79 bits per heavy atom. The van der Waals surface area contributed by atoms with Crippen LogP contribution < -0.4 is 11.1 Å². The maximum Gasteiger partial charge on any atom is 0.0444 e. The quantitative estimate of drug-likeness (QED) is 0.740. The van der Waals surface area contributed by atoms with Crippen molar-refractivity contribution in [3.05, 3.63) is 34.3 Å². The predicted octanol–water partition coefficient (Wildman–Crippen LogP) is 1.66. The van der Waals surface area contributed by atoms with Crippen molar-refractivity contribution in [3.63, 3.8) is 0 Å². The molecule has 1 saturated heterocycles. The molecule has 0 radical (unpaired) electrons. The molecule has 0 bridgehead atoms. The molecular formula is C11H15ClN2. The minimum Gasteiger partial charge on any atom is -0.326 e. The second-order valence-electron chi connectivity index (χ2n) is 3.95. The Hall–Kier alpha value is -0.570. The summed E-state index contributed by atoms with van der Waals surface area (Å²) in [5.41, 5.74) is 8.37. The smallest absolute Gasteiger partial charge is 0.0444 e. The Labute approximate surface area is 89.4 Å². The predicted molar refractivity (Wildman–Crippen MR) is 59.8 cm³/mol. The summed E-state index contributed by atoms with van der Waals surface area (Å²) in [6, 6.07) is 6.37. The molecule has 0 aliphatic carbocycles. The highest BCUT2D eigenvalue weighted by Gasteiger charge is 2.26. The van der Waals surface area contributed by atoms with Gasteiger partial charge in [-0.2, -0.15) is 0 Å². The fourth-order valence-corrected chi connectivity index (χ4v) is 2.35. The number of hydrogen-bond acceptors (Lipinski definition) is 2. The van der Waals surface area contributed by atoms with Crippen molar-refractivity contribution in [2.75, 3.05) is 13.1 Å². The number of rotatable bonds is 1. The van der Waals surface area contributed by atoms with Crippen molar-refractivity contribution in [2.24, 2.45) is 5.73 Å². The average Bonchev–Trinajstić information content (AvgIpc) is 2.52. The summed E-state index contributed by atoms with van der Waals surface area (Å²) < 4.78 is 0. The topological polar surface area (TPSA) is 38.0 Å². The van der Waals surface area contributed by atoms with Gasteiger partial charge in [0.15, 0.2) is 0 Å². The molecule has 1 aromatic carbocycles. The molecule has 3 heteroatoms. The Morgan fingerprint density at radius 1 is 1.43 bits per heavy atom. The van der Waals surface area contributed by atoms with Crippen molar-refractivity contribution < 1.29 is 0 Å². The summed E-state index contributed by atoms with van der Waals surface area (Å²) in [6.07, 6.45) is 0. The lowest BCUT2D eigenvalue weighted by molar-refractivity contribution is 0.653. The molecule has 3 N–H and O–H groups in total. The number of nitrogens with two attached hydrogens (primary N) is 1. The van der Waals surface area contributed by atoms with E-state index in [1.54, 1.807) is 0 Å². The first-order valence-corrected chi connectivity index (χ1v) is 5.28. The van der Waals surface area contributed by atoms with E-state index in [4.69, 9.17) is 17.3 Å². The van der Waals surface area contributed by atoms with E-state index in [1.807, 2.05) is 13.0 Å². The Balaban J connectivity index is 2.31. The van der Waals surface area contributed by atoms with Crippen LogP contribution in [0.25, 0.3) is 0 Å². The Kier molecular flexibility index (Phi) is 2.77. The molecule has 1 aromatic rings. The molecule has 0 amide bonds. The monoisotopic (exact) mass is 210 g/mol. The van der Waals surface area contributed by atoms with Crippen molar-refractivity contribution in [3.8, 4) is 0 Å². The van der Waals surface area contributed by atoms with E-state index >= 15 is 0 Å². The first-order chi connectivity index (χ1) is 6.68. The summed E-state index contributed by atoms with van der Waals surface area (Å²) in [5.74, 6) is 0.364. The van der Waals surface area contributed by atoms with E-state index in [0.29, 0.717) is 5.92 Å². The largest absolute Gasteiger partial charge is 0.326 e. The van der Waals surface area contributed by atoms with E-state index in [0.717, 1.165) is 18.1 Å². The van der Waals surface area contributed by atoms with E-state index < -0.39 is 0 Å². The van der Waals surface area contributed by atoms with E-state index in [9.17, 15) is 0 Å². The molecule has 1 fully saturated rings. The van der Waals surface area contributed by atoms with Gasteiger partial charge in [-0.1, -0.05) is 23.7 Å². The van der Waals surface area contributed by atoms with Gasteiger partial charge in [0.2, 0.25) is 0 Å². The van der Waals surface area contributed by atoms with Crippen LogP contribution in [0.5, 0.6) is 0 Å². The highest BCUT2D eigenvalue weighted by Crippen LogP contribution is 2.28. The molecule has 2 unspecified atom stereocenters. The fourth-order valence-electron chi connectivity index (χ4n) is 1.97. The third-order valence-electron chi connectivity index (χ3n) is 2.82. The third kappa shape index (κ3) is 1.78. The van der Waals surface area contributed by atoms with Crippen LogP contribution in [0.1, 0.15) is 17.0 Å². The van der Waals surface area contributed by atoms with Crippen LogP contribution >= 0.6 is 11.6 Å². The van der Waals surface area contributed by atoms with Crippen LogP contribution in [0.4, 0.5) is 0 Å². The molecule has 2 atom stereocenters. The molecule has 1 aliphatic rings. The molecule has 0 spiro atoms. The second kappa shape index (κ2) is 3.89. The Morgan fingerprint density at radius 2 is 2.21 bits per heavy atom. The van der Waals surface area contributed by atoms with Crippen molar-refractivity contribution in [2.45, 2.75) is 18.9 Å². The molecule has 14 heavy (non-hydrogen) atoms. The maximum absolute atomic E-state index is 6.19. The standard InChI is InChI=1S/C11H15ClN2/c1-7-2-3-8(10(12)4-7)9-5-14-6-11(9)13/h2-4,9,11,14H,5-6,13H2,1H3. The number of nitrogens with one attached hydrogen (secondary N) is 1. The summed E-state index contributed by atoms with van der Waals surface area (Å²) >= 11 is 6.19. The zero-order chi connectivity index (χ0) is 10.1. The molecule has 2 rings (SSSR count). The first kappa shape index (κ1) is 9.97. The summed E-state index contributed by atoms with van der Waals surface area (Å²) in [7, 11) is 0. The number of hydrogen-bond donors (Lipinski definition) is 2. The van der Waals surface area contributed by atoms with Crippen LogP contribution in [-0.4, -0.2) is 19.1 Å². The molecule has 2 nitrogen and oxygen atoms in total. The Bertz CT molecular complexity index is 338. The van der Waals surface area contributed by atoms with E-state index in [2.05, 4.69) is 17.4 Å². The molecule has 1 aliphatic heterocycles. The lowest BCUT2D eigenvalue weighted by Gasteiger charge is -2.16. The van der Waals surface area contributed by atoms with Crippen molar-refractivity contribution in [1.82, 2.24) is 5.32 Å². The molecular weight excluding hydrogens is 196 g/mol. The lowest BCUT2D eigenvalue weighted by atomic mass is 9.94. The van der Waals surface area contributed by atoms with Gasteiger partial charge in [-0.3, -0.25) is 0 Å². The van der Waals surface area contributed by atoms with Gasteiger partial charge in [-0.05, 0) is 24.1 Å². The van der Waals surface area contributed by atoms with Gasteiger partial charge in [0.05, 0.1) is 0 Å². The lowest BCUT2D eigenvalue weighted by Crippen LogP contribution is -2.27. The molecule has 0 saturated carbocycles. The number of benzene rings is 1. The zero-order valence-corrected chi connectivity index (χ0v) is 9.01. The van der Waals surface area contributed by atoms with Gasteiger partial charge in [-0.25, -0.2) is 0 Å². The summed E-state index contributed by atoms with van der Waals surface area (Å²) in [6.45, 7) is 3.86. The van der Waals surface area contributed by atoms with E-state index in [-0.39, 0.29) is 6.04 Å². The highest BCUT2D eigenvalue weighted by molar-refractivity contribution is 6.31. The minimum atomic E-state index is 0.190. The number of aryl methyl sites for hydroxylation is 1. The van der Waals surface area contributed by atoms with Crippen LogP contribution in [0, 0.1) is 6.92 Å². The van der Waals surface area contributed by atoms with E-state index in [1.165, 1.54) is 11.1 Å². The van der Waals surface area contributed by atoms with Gasteiger partial charge in [0.1, 0.15) is 0 Å². The van der Waals surface area contributed by atoms with Gasteiger partial charge < -0.3 is 11.1 Å². The van der Waals surface area contributed by atoms with Crippen molar-refractivity contribution >= 4 is 11.6 Å². The van der Waals surface area contributed by atoms with Gasteiger partial charge in [0.25, 0.3) is 0 Å². The SMILES string of the molecule is Cc1ccc(C2CNCC2N)c(Cl)c1. The van der Waals surface area contributed by atoms with Crippen LogP contribution in [0.3, 0.4) is 0 Å². The minimum absolute atomic E-state index is 0.190. The molecule has 76 valence electrons. The van der Waals surface area contributed by atoms with Crippen LogP contribution in [0.2, 0.25) is 5.02 Å². The summed E-state index contributed by atoms with van der Waals surface area (Å²) in [4.78, 5) is 0.